The number of hydrogen-bond acceptors (Lipinski definition) is 2. The quantitative estimate of drug-likeness (QED) is 0.834. The molecule has 5 heteroatoms. The molecule has 0 saturated carbocycles. The molecule has 20 heavy (non-hydrogen) atoms. The standard InChI is InChI=1S/C15H16F3NO/c1-11-9-13(15(16,17)18)7-8-19(11)10-12-3-5-14(20-2)6-4-12/h3-7,9H,8,10H2,1-2H3. The minimum atomic E-state index is -4.27. The largest absolute Gasteiger partial charge is 0.497 e. The van der Waals surface area contributed by atoms with Crippen molar-refractivity contribution in [2.45, 2.75) is 19.6 Å². The Bertz CT molecular complexity index is 529. The summed E-state index contributed by atoms with van der Waals surface area (Å²) in [7, 11) is 1.59. The van der Waals surface area contributed by atoms with Gasteiger partial charge in [-0.2, -0.15) is 13.2 Å². The van der Waals surface area contributed by atoms with Gasteiger partial charge in [-0.25, -0.2) is 0 Å². The molecule has 2 rings (SSSR count). The van der Waals surface area contributed by atoms with Gasteiger partial charge in [0.1, 0.15) is 5.75 Å². The maximum absolute atomic E-state index is 12.6. The number of halogens is 3. The van der Waals surface area contributed by atoms with Crippen molar-refractivity contribution in [2.75, 3.05) is 13.7 Å². The second-order valence-corrected chi connectivity index (χ2v) is 4.67. The van der Waals surface area contributed by atoms with Crippen LogP contribution in [0.5, 0.6) is 5.75 Å². The topological polar surface area (TPSA) is 12.5 Å². The number of methoxy groups -OCH3 is 1. The molecule has 2 nitrogen and oxygen atoms in total. The number of hydrogen-bond donors (Lipinski definition) is 0. The number of benzene rings is 1. The van der Waals surface area contributed by atoms with Crippen LogP contribution < -0.4 is 4.74 Å². The lowest BCUT2D eigenvalue weighted by atomic mass is 10.1. The summed E-state index contributed by atoms with van der Waals surface area (Å²) in [6, 6.07) is 7.51. The summed E-state index contributed by atoms with van der Waals surface area (Å²) < 4.78 is 42.9. The van der Waals surface area contributed by atoms with Gasteiger partial charge in [-0.1, -0.05) is 18.2 Å². The summed E-state index contributed by atoms with van der Waals surface area (Å²) in [6.45, 7) is 2.54. The third kappa shape index (κ3) is 3.35. The zero-order valence-corrected chi connectivity index (χ0v) is 11.4. The van der Waals surface area contributed by atoms with Crippen molar-refractivity contribution >= 4 is 0 Å². The van der Waals surface area contributed by atoms with Crippen LogP contribution in [0.2, 0.25) is 0 Å². The molecule has 108 valence electrons. The van der Waals surface area contributed by atoms with Crippen LogP contribution in [-0.2, 0) is 6.54 Å². The Morgan fingerprint density at radius 1 is 1.20 bits per heavy atom. The second-order valence-electron chi connectivity index (χ2n) is 4.67. The van der Waals surface area contributed by atoms with Crippen LogP contribution >= 0.6 is 0 Å². The maximum atomic E-state index is 12.6. The molecular formula is C15H16F3NO. The van der Waals surface area contributed by atoms with Gasteiger partial charge in [-0.05, 0) is 30.7 Å². The molecule has 0 atom stereocenters. The molecule has 1 aliphatic heterocycles. The number of alkyl halides is 3. The summed E-state index contributed by atoms with van der Waals surface area (Å²) >= 11 is 0. The molecule has 0 fully saturated rings. The van der Waals surface area contributed by atoms with Crippen LogP contribution in [0.15, 0.2) is 47.7 Å². The fourth-order valence-corrected chi connectivity index (χ4v) is 2.07. The van der Waals surface area contributed by atoms with Crippen LogP contribution in [0.25, 0.3) is 0 Å². The predicted molar refractivity (Wildman–Crippen MR) is 71.3 cm³/mol. The van der Waals surface area contributed by atoms with Crippen LogP contribution in [0.1, 0.15) is 12.5 Å². The van der Waals surface area contributed by atoms with E-state index in [2.05, 4.69) is 0 Å². The Balaban J connectivity index is 2.05. The van der Waals surface area contributed by atoms with Gasteiger partial charge >= 0.3 is 6.18 Å². The lowest BCUT2D eigenvalue weighted by Gasteiger charge is -2.28. The average molecular weight is 283 g/mol. The van der Waals surface area contributed by atoms with Crippen molar-refractivity contribution in [3.05, 3.63) is 53.3 Å². The lowest BCUT2D eigenvalue weighted by Crippen LogP contribution is -2.27. The molecule has 0 amide bonds. The number of nitrogens with zero attached hydrogens (tertiary/aromatic N) is 1. The van der Waals surface area contributed by atoms with Crippen molar-refractivity contribution < 1.29 is 17.9 Å². The molecule has 0 saturated heterocycles. The first kappa shape index (κ1) is 14.5. The highest BCUT2D eigenvalue weighted by Gasteiger charge is 2.33. The molecule has 0 N–H and O–H groups in total. The minimum Gasteiger partial charge on any atom is -0.497 e. The van der Waals surface area contributed by atoms with Crippen molar-refractivity contribution in [1.82, 2.24) is 4.90 Å². The van der Waals surface area contributed by atoms with E-state index >= 15 is 0 Å². The smallest absolute Gasteiger partial charge is 0.416 e. The van der Waals surface area contributed by atoms with E-state index in [-0.39, 0.29) is 6.54 Å². The molecule has 0 radical (unpaired) electrons. The summed E-state index contributed by atoms with van der Waals surface area (Å²) in [6.07, 6.45) is -1.86. The first-order valence-corrected chi connectivity index (χ1v) is 6.23. The summed E-state index contributed by atoms with van der Waals surface area (Å²) in [5, 5.41) is 0. The Labute approximate surface area is 116 Å². The van der Waals surface area contributed by atoms with E-state index in [1.54, 1.807) is 14.0 Å². The first-order chi connectivity index (χ1) is 9.40. The third-order valence-electron chi connectivity index (χ3n) is 3.25. The van der Waals surface area contributed by atoms with E-state index < -0.39 is 11.7 Å². The number of rotatable bonds is 3. The van der Waals surface area contributed by atoms with Gasteiger partial charge in [0.15, 0.2) is 0 Å². The molecule has 0 bridgehead atoms. The van der Waals surface area contributed by atoms with E-state index in [4.69, 9.17) is 4.74 Å². The minimum absolute atomic E-state index is 0.267. The molecule has 0 unspecified atom stereocenters. The molecule has 1 aromatic carbocycles. The zero-order valence-electron chi connectivity index (χ0n) is 11.4. The molecule has 1 heterocycles. The maximum Gasteiger partial charge on any atom is 0.416 e. The Morgan fingerprint density at radius 3 is 2.35 bits per heavy atom. The number of ether oxygens (including phenoxy) is 1. The van der Waals surface area contributed by atoms with E-state index in [9.17, 15) is 13.2 Å². The van der Waals surface area contributed by atoms with E-state index in [1.807, 2.05) is 29.2 Å². The monoisotopic (exact) mass is 283 g/mol. The van der Waals surface area contributed by atoms with Gasteiger partial charge < -0.3 is 9.64 Å². The van der Waals surface area contributed by atoms with Gasteiger partial charge in [-0.3, -0.25) is 0 Å². The fourth-order valence-electron chi connectivity index (χ4n) is 2.07. The van der Waals surface area contributed by atoms with Crippen molar-refractivity contribution in [2.24, 2.45) is 0 Å². The Hall–Kier alpha value is -1.91. The van der Waals surface area contributed by atoms with Gasteiger partial charge in [0.25, 0.3) is 0 Å². The Kier molecular flexibility index (Phi) is 4.06. The van der Waals surface area contributed by atoms with E-state index in [0.717, 1.165) is 11.3 Å². The normalized spacial score (nSPS) is 15.8. The number of allylic oxidation sites excluding steroid dienone is 3. The first-order valence-electron chi connectivity index (χ1n) is 6.23. The summed E-state index contributed by atoms with van der Waals surface area (Å²) in [4.78, 5) is 1.90. The molecule has 0 spiro atoms. The third-order valence-corrected chi connectivity index (χ3v) is 3.25. The lowest BCUT2D eigenvalue weighted by molar-refractivity contribution is -0.0890. The summed E-state index contributed by atoms with van der Waals surface area (Å²) in [5.74, 6) is 0.763. The van der Waals surface area contributed by atoms with Crippen LogP contribution in [0, 0.1) is 0 Å². The van der Waals surface area contributed by atoms with Gasteiger partial charge in [-0.15, -0.1) is 0 Å². The average Bonchev–Trinajstić information content (AvgIpc) is 2.41. The van der Waals surface area contributed by atoms with Crippen molar-refractivity contribution in [3.63, 3.8) is 0 Å². The van der Waals surface area contributed by atoms with Gasteiger partial charge in [0, 0.05) is 18.8 Å². The van der Waals surface area contributed by atoms with Crippen LogP contribution in [-0.4, -0.2) is 24.7 Å². The molecule has 1 aliphatic rings. The molecular weight excluding hydrogens is 267 g/mol. The molecule has 0 aromatic heterocycles. The van der Waals surface area contributed by atoms with Crippen molar-refractivity contribution in [1.29, 1.82) is 0 Å². The van der Waals surface area contributed by atoms with Gasteiger partial charge in [0.05, 0.1) is 12.7 Å². The summed E-state index contributed by atoms with van der Waals surface area (Å²) in [5.41, 5.74) is 1.08. The zero-order chi connectivity index (χ0) is 14.8. The van der Waals surface area contributed by atoms with Gasteiger partial charge in [0.2, 0.25) is 0 Å². The van der Waals surface area contributed by atoms with Crippen LogP contribution in [0.4, 0.5) is 13.2 Å². The van der Waals surface area contributed by atoms with Crippen molar-refractivity contribution in [3.8, 4) is 5.75 Å². The highest BCUT2D eigenvalue weighted by molar-refractivity contribution is 5.32. The highest BCUT2D eigenvalue weighted by atomic mass is 19.4. The Morgan fingerprint density at radius 2 is 1.85 bits per heavy atom. The van der Waals surface area contributed by atoms with E-state index in [0.29, 0.717) is 12.2 Å². The van der Waals surface area contributed by atoms with Crippen LogP contribution in [0.3, 0.4) is 0 Å². The van der Waals surface area contributed by atoms with E-state index in [1.165, 1.54) is 12.2 Å². The predicted octanol–water partition coefficient (Wildman–Crippen LogP) is 3.90. The second kappa shape index (κ2) is 5.61. The molecule has 1 aromatic rings. The highest BCUT2D eigenvalue weighted by Crippen LogP contribution is 2.30. The fraction of sp³-hybridized carbons (Fsp3) is 0.333. The molecule has 0 aliphatic carbocycles. The SMILES string of the molecule is COc1ccc(CN2CC=C(C(F)(F)F)C=C2C)cc1.